The summed E-state index contributed by atoms with van der Waals surface area (Å²) in [6, 6.07) is 0. The Labute approximate surface area is 84.2 Å². The van der Waals surface area contributed by atoms with Gasteiger partial charge in [0.1, 0.15) is 0 Å². The summed E-state index contributed by atoms with van der Waals surface area (Å²) in [4.78, 5) is 0. The number of hydrogen-bond acceptors (Lipinski definition) is 4. The zero-order valence-corrected chi connectivity index (χ0v) is 9.42. The van der Waals surface area contributed by atoms with Crippen molar-refractivity contribution < 1.29 is 0 Å². The molecule has 0 bridgehead atoms. The van der Waals surface area contributed by atoms with Gasteiger partial charge in [0.15, 0.2) is 0 Å². The van der Waals surface area contributed by atoms with Crippen LogP contribution in [0.1, 0.15) is 19.8 Å². The molecule has 0 aliphatic heterocycles. The summed E-state index contributed by atoms with van der Waals surface area (Å²) >= 11 is 3.87. The molecular formula is C8H20N2S2. The molecule has 0 heterocycles. The molecular weight excluding hydrogens is 188 g/mol. The summed E-state index contributed by atoms with van der Waals surface area (Å²) in [5.41, 5.74) is 10.8. The second-order valence-corrected chi connectivity index (χ2v) is 5.19. The minimum atomic E-state index is -0.139. The first-order chi connectivity index (χ1) is 5.77. The summed E-state index contributed by atoms with van der Waals surface area (Å²) in [5.74, 6) is 4.63. The van der Waals surface area contributed by atoms with Crippen LogP contribution in [0.25, 0.3) is 0 Å². The molecule has 12 heavy (non-hydrogen) atoms. The van der Waals surface area contributed by atoms with Crippen LogP contribution in [-0.2, 0) is 0 Å². The normalized spacial score (nSPS) is 11.0. The third-order valence-corrected chi connectivity index (χ3v) is 3.53. The molecule has 0 amide bonds. The Kier molecular flexibility index (Phi) is 10.2. The molecule has 0 aromatic rings. The van der Waals surface area contributed by atoms with E-state index < -0.39 is 0 Å². The molecule has 0 unspecified atom stereocenters. The minimum Gasteiger partial charge on any atom is -0.315 e. The lowest BCUT2D eigenvalue weighted by molar-refractivity contribution is 0.800. The SMILES string of the molecule is CCSCCCCSCC(N)N. The van der Waals surface area contributed by atoms with E-state index in [4.69, 9.17) is 11.5 Å². The van der Waals surface area contributed by atoms with Crippen molar-refractivity contribution in [2.45, 2.75) is 25.9 Å². The van der Waals surface area contributed by atoms with E-state index in [0.29, 0.717) is 0 Å². The van der Waals surface area contributed by atoms with E-state index in [0.717, 1.165) is 5.75 Å². The standard InChI is InChI=1S/C8H20N2S2/c1-2-11-5-3-4-6-12-7-8(9)10/h8H,2-7,9-10H2,1H3. The molecule has 4 heteroatoms. The van der Waals surface area contributed by atoms with Crippen LogP contribution >= 0.6 is 23.5 Å². The molecule has 74 valence electrons. The number of unbranched alkanes of at least 4 members (excludes halogenated alkanes) is 1. The zero-order valence-electron chi connectivity index (χ0n) is 7.79. The summed E-state index contributed by atoms with van der Waals surface area (Å²) in [6.45, 7) is 2.20. The maximum absolute atomic E-state index is 5.41. The fourth-order valence-corrected chi connectivity index (χ4v) is 2.32. The summed E-state index contributed by atoms with van der Waals surface area (Å²) in [6.07, 6.45) is 2.48. The first-order valence-corrected chi connectivity index (χ1v) is 6.75. The molecule has 2 nitrogen and oxygen atoms in total. The Bertz CT molecular complexity index is 89.1. The molecule has 0 radical (unpaired) electrons. The minimum absolute atomic E-state index is 0.139. The van der Waals surface area contributed by atoms with E-state index in [1.807, 2.05) is 23.5 Å². The Balaban J connectivity index is 2.82. The van der Waals surface area contributed by atoms with Crippen LogP contribution in [-0.4, -0.2) is 29.2 Å². The van der Waals surface area contributed by atoms with Crippen LogP contribution < -0.4 is 11.5 Å². The van der Waals surface area contributed by atoms with Gasteiger partial charge in [0.2, 0.25) is 0 Å². The lowest BCUT2D eigenvalue weighted by atomic mass is 10.4. The zero-order chi connectivity index (χ0) is 9.23. The van der Waals surface area contributed by atoms with E-state index in [1.54, 1.807) is 0 Å². The van der Waals surface area contributed by atoms with Gasteiger partial charge in [-0.15, -0.1) is 0 Å². The Morgan fingerprint density at radius 1 is 1.08 bits per heavy atom. The summed E-state index contributed by atoms with van der Waals surface area (Å²) in [7, 11) is 0. The molecule has 0 aliphatic rings. The Hall–Kier alpha value is 0.620. The van der Waals surface area contributed by atoms with Gasteiger partial charge in [-0.2, -0.15) is 23.5 Å². The lowest BCUT2D eigenvalue weighted by Gasteiger charge is -2.04. The first-order valence-electron chi connectivity index (χ1n) is 4.44. The van der Waals surface area contributed by atoms with Crippen LogP contribution in [0.2, 0.25) is 0 Å². The van der Waals surface area contributed by atoms with Crippen molar-refractivity contribution in [2.75, 3.05) is 23.0 Å². The number of thioether (sulfide) groups is 2. The maximum atomic E-state index is 5.41. The van der Waals surface area contributed by atoms with Crippen LogP contribution in [0.5, 0.6) is 0 Å². The van der Waals surface area contributed by atoms with Gasteiger partial charge in [0.05, 0.1) is 6.17 Å². The van der Waals surface area contributed by atoms with Crippen molar-refractivity contribution in [3.05, 3.63) is 0 Å². The van der Waals surface area contributed by atoms with E-state index in [9.17, 15) is 0 Å². The van der Waals surface area contributed by atoms with Gasteiger partial charge < -0.3 is 11.5 Å². The number of nitrogens with two attached hydrogens (primary N) is 2. The summed E-state index contributed by atoms with van der Waals surface area (Å²) in [5, 5.41) is 0. The molecule has 4 N–H and O–H groups in total. The Morgan fingerprint density at radius 3 is 2.17 bits per heavy atom. The third kappa shape index (κ3) is 10.6. The van der Waals surface area contributed by atoms with Gasteiger partial charge in [-0.25, -0.2) is 0 Å². The van der Waals surface area contributed by atoms with Crippen LogP contribution in [0.4, 0.5) is 0 Å². The topological polar surface area (TPSA) is 52.0 Å². The second kappa shape index (κ2) is 9.71. The van der Waals surface area contributed by atoms with Crippen molar-refractivity contribution in [3.63, 3.8) is 0 Å². The van der Waals surface area contributed by atoms with Gasteiger partial charge in [-0.05, 0) is 30.1 Å². The highest BCUT2D eigenvalue weighted by atomic mass is 32.2. The van der Waals surface area contributed by atoms with Crippen LogP contribution in [0, 0.1) is 0 Å². The highest BCUT2D eigenvalue weighted by Crippen LogP contribution is 2.08. The van der Waals surface area contributed by atoms with Crippen molar-refractivity contribution in [1.29, 1.82) is 0 Å². The number of rotatable bonds is 8. The third-order valence-electron chi connectivity index (χ3n) is 1.34. The monoisotopic (exact) mass is 208 g/mol. The van der Waals surface area contributed by atoms with Crippen LogP contribution in [0.3, 0.4) is 0 Å². The molecule has 0 aromatic carbocycles. The molecule has 0 aliphatic carbocycles. The molecule has 0 aromatic heterocycles. The van der Waals surface area contributed by atoms with Crippen molar-refractivity contribution in [3.8, 4) is 0 Å². The van der Waals surface area contributed by atoms with Gasteiger partial charge >= 0.3 is 0 Å². The molecule has 0 atom stereocenters. The quantitative estimate of drug-likeness (QED) is 0.469. The highest BCUT2D eigenvalue weighted by molar-refractivity contribution is 7.99. The molecule has 0 rings (SSSR count). The van der Waals surface area contributed by atoms with Gasteiger partial charge in [-0.1, -0.05) is 6.92 Å². The fraction of sp³-hybridized carbons (Fsp3) is 1.00. The first kappa shape index (κ1) is 12.6. The predicted molar refractivity (Wildman–Crippen MR) is 61.7 cm³/mol. The van der Waals surface area contributed by atoms with E-state index in [-0.39, 0.29) is 6.17 Å². The number of hydrogen-bond donors (Lipinski definition) is 2. The average molecular weight is 208 g/mol. The van der Waals surface area contributed by atoms with Gasteiger partial charge in [0, 0.05) is 5.75 Å². The Morgan fingerprint density at radius 2 is 1.67 bits per heavy atom. The average Bonchev–Trinajstić information content (AvgIpc) is 2.02. The highest BCUT2D eigenvalue weighted by Gasteiger charge is 1.94. The molecule has 0 fully saturated rings. The van der Waals surface area contributed by atoms with Crippen molar-refractivity contribution >= 4 is 23.5 Å². The van der Waals surface area contributed by atoms with E-state index in [1.165, 1.54) is 30.1 Å². The predicted octanol–water partition coefficient (Wildman–Crippen LogP) is 1.50. The second-order valence-electron chi connectivity index (χ2n) is 2.64. The van der Waals surface area contributed by atoms with E-state index in [2.05, 4.69) is 6.92 Å². The largest absolute Gasteiger partial charge is 0.315 e. The summed E-state index contributed by atoms with van der Waals surface area (Å²) < 4.78 is 0. The lowest BCUT2D eigenvalue weighted by Crippen LogP contribution is -2.32. The smallest absolute Gasteiger partial charge is 0.0614 e. The van der Waals surface area contributed by atoms with Crippen LogP contribution in [0.15, 0.2) is 0 Å². The molecule has 0 saturated carbocycles. The van der Waals surface area contributed by atoms with E-state index >= 15 is 0 Å². The maximum Gasteiger partial charge on any atom is 0.0614 e. The van der Waals surface area contributed by atoms with Gasteiger partial charge in [-0.3, -0.25) is 0 Å². The van der Waals surface area contributed by atoms with Gasteiger partial charge in [0.25, 0.3) is 0 Å². The molecule has 0 saturated heterocycles. The van der Waals surface area contributed by atoms with Crippen molar-refractivity contribution in [1.82, 2.24) is 0 Å². The molecule has 0 spiro atoms. The van der Waals surface area contributed by atoms with Crippen molar-refractivity contribution in [2.24, 2.45) is 11.5 Å². The fourth-order valence-electron chi connectivity index (χ4n) is 0.772.